The maximum atomic E-state index is 5.19. The molecule has 0 spiro atoms. The molecule has 0 heterocycles. The van der Waals surface area contributed by atoms with Gasteiger partial charge in [-0.15, -0.1) is 18.4 Å². The van der Waals surface area contributed by atoms with Crippen LogP contribution >= 0.6 is 0 Å². The van der Waals surface area contributed by atoms with Gasteiger partial charge in [0.2, 0.25) is 0 Å². The summed E-state index contributed by atoms with van der Waals surface area (Å²) < 4.78 is 0. The summed E-state index contributed by atoms with van der Waals surface area (Å²) in [6, 6.07) is 0. The van der Waals surface area contributed by atoms with E-state index in [0.29, 0.717) is 0 Å². The first kappa shape index (κ1) is 10.1. The van der Waals surface area contributed by atoms with Gasteiger partial charge in [-0.3, -0.25) is 6.42 Å². The fourth-order valence-electron chi connectivity index (χ4n) is 0.802. The van der Waals surface area contributed by atoms with Crippen LogP contribution in [0.1, 0.15) is 6.42 Å². The van der Waals surface area contributed by atoms with Crippen LogP contribution in [0.25, 0.3) is 0 Å². The largest absolute Gasteiger partial charge is 1.00 e. The first-order valence-corrected chi connectivity index (χ1v) is 3.03. The van der Waals surface area contributed by atoms with Crippen LogP contribution in [0, 0.1) is 30.6 Å². The van der Waals surface area contributed by atoms with E-state index in [1.54, 1.807) is 0 Å². The van der Waals surface area contributed by atoms with Crippen molar-refractivity contribution in [3.05, 3.63) is 29.7 Å². The van der Waals surface area contributed by atoms with Gasteiger partial charge in [0.15, 0.2) is 0 Å². The van der Waals surface area contributed by atoms with Crippen molar-refractivity contribution in [3.8, 4) is 24.7 Å². The van der Waals surface area contributed by atoms with E-state index in [2.05, 4.69) is 11.8 Å². The topological polar surface area (TPSA) is 0 Å². The van der Waals surface area contributed by atoms with Crippen LogP contribution in [-0.4, -0.2) is 0 Å². The van der Waals surface area contributed by atoms with E-state index in [0.717, 1.165) is 17.9 Å². The maximum absolute atomic E-state index is 5.19. The Morgan fingerprint density at radius 3 is 2.73 bits per heavy atom. The fourth-order valence-corrected chi connectivity index (χ4v) is 0.802. The Balaban J connectivity index is 0.000001000. The van der Waals surface area contributed by atoms with Crippen LogP contribution in [0.4, 0.5) is 0 Å². The van der Waals surface area contributed by atoms with Crippen molar-refractivity contribution in [1.82, 2.24) is 0 Å². The molecule has 1 aliphatic rings. The molecule has 0 unspecified atom stereocenters. The van der Waals surface area contributed by atoms with Crippen LogP contribution in [0.5, 0.6) is 0 Å². The zero-order chi connectivity index (χ0) is 7.40. The van der Waals surface area contributed by atoms with Crippen molar-refractivity contribution < 1.29 is 18.9 Å². The Kier molecular flexibility index (Phi) is 4.41. The SMILES string of the molecule is C#CC1=CC=C[C-](C#C)C1.[Li+]. The normalized spacial score (nSPS) is 14.0. The quantitative estimate of drug-likeness (QED) is 0.220. The molecular formula is C10H7Li. The molecule has 0 atom stereocenters. The van der Waals surface area contributed by atoms with Gasteiger partial charge in [0.25, 0.3) is 0 Å². The molecular weight excluding hydrogens is 127 g/mol. The summed E-state index contributed by atoms with van der Waals surface area (Å²) in [5.74, 6) is 6.08. The Morgan fingerprint density at radius 2 is 2.18 bits per heavy atom. The van der Waals surface area contributed by atoms with Crippen LogP contribution < -0.4 is 18.9 Å². The van der Waals surface area contributed by atoms with Gasteiger partial charge < -0.3 is 0 Å². The summed E-state index contributed by atoms with van der Waals surface area (Å²) in [4.78, 5) is 0. The molecule has 0 aromatic heterocycles. The van der Waals surface area contributed by atoms with Crippen molar-refractivity contribution in [2.75, 3.05) is 0 Å². The monoisotopic (exact) mass is 134 g/mol. The van der Waals surface area contributed by atoms with Crippen molar-refractivity contribution in [3.63, 3.8) is 0 Å². The Morgan fingerprint density at radius 1 is 1.45 bits per heavy atom. The van der Waals surface area contributed by atoms with E-state index >= 15 is 0 Å². The summed E-state index contributed by atoms with van der Waals surface area (Å²) in [7, 11) is 0. The van der Waals surface area contributed by atoms with Crippen molar-refractivity contribution in [2.24, 2.45) is 0 Å². The molecule has 48 valence electrons. The fraction of sp³-hybridized carbons (Fsp3) is 0.100. The van der Waals surface area contributed by atoms with Crippen molar-refractivity contribution in [1.29, 1.82) is 0 Å². The van der Waals surface area contributed by atoms with E-state index in [1.807, 2.05) is 18.2 Å². The van der Waals surface area contributed by atoms with Crippen LogP contribution in [0.2, 0.25) is 0 Å². The molecule has 1 heteroatoms. The van der Waals surface area contributed by atoms with Gasteiger partial charge >= 0.3 is 18.9 Å². The Bertz CT molecular complexity index is 258. The molecule has 0 aromatic rings. The van der Waals surface area contributed by atoms with Gasteiger partial charge in [0.1, 0.15) is 0 Å². The molecule has 11 heavy (non-hydrogen) atoms. The molecule has 0 nitrogen and oxygen atoms in total. The van der Waals surface area contributed by atoms with E-state index in [1.165, 1.54) is 0 Å². The number of rotatable bonds is 0. The minimum absolute atomic E-state index is 0. The average molecular weight is 134 g/mol. The molecule has 0 N–H and O–H groups in total. The first-order chi connectivity index (χ1) is 4.86. The van der Waals surface area contributed by atoms with E-state index in [-0.39, 0.29) is 18.9 Å². The van der Waals surface area contributed by atoms with Crippen molar-refractivity contribution >= 4 is 0 Å². The van der Waals surface area contributed by atoms with Crippen LogP contribution in [0.3, 0.4) is 0 Å². The van der Waals surface area contributed by atoms with Crippen LogP contribution in [0.15, 0.2) is 23.8 Å². The summed E-state index contributed by atoms with van der Waals surface area (Å²) in [5.41, 5.74) is 0.954. The van der Waals surface area contributed by atoms with Gasteiger partial charge in [-0.05, 0) is 12.0 Å². The minimum Gasteiger partial charge on any atom is -0.266 e. The molecule has 1 aliphatic carbocycles. The minimum atomic E-state index is 0. The molecule has 0 fully saturated rings. The molecule has 0 saturated carbocycles. The molecule has 0 bridgehead atoms. The van der Waals surface area contributed by atoms with Crippen LogP contribution in [-0.2, 0) is 0 Å². The van der Waals surface area contributed by atoms with Gasteiger partial charge in [-0.2, -0.15) is 12.2 Å². The standard InChI is InChI=1S/C10H7.Li/c1-3-9-6-5-7-10(4-2)8-9;/h1-2,5-7H,8H2;/q-1;+1. The molecule has 0 radical (unpaired) electrons. The number of hydrogen-bond donors (Lipinski definition) is 0. The Hall–Kier alpha value is -0.933. The third-order valence-corrected chi connectivity index (χ3v) is 1.35. The summed E-state index contributed by atoms with van der Waals surface area (Å²) in [6.07, 6.45) is 16.8. The van der Waals surface area contributed by atoms with Gasteiger partial charge in [0.05, 0.1) is 0 Å². The first-order valence-electron chi connectivity index (χ1n) is 3.03. The number of terminal acetylenes is 2. The molecule has 0 aliphatic heterocycles. The van der Waals surface area contributed by atoms with Gasteiger partial charge in [0, 0.05) is 0 Å². The molecule has 1 rings (SSSR count). The Labute approximate surface area is 79.9 Å². The van der Waals surface area contributed by atoms with Crippen molar-refractivity contribution in [2.45, 2.75) is 6.42 Å². The number of allylic oxidation sites excluding steroid dienone is 4. The third-order valence-electron chi connectivity index (χ3n) is 1.35. The zero-order valence-electron chi connectivity index (χ0n) is 6.59. The third kappa shape index (κ3) is 2.65. The second-order valence-electron chi connectivity index (χ2n) is 2.04. The summed E-state index contributed by atoms with van der Waals surface area (Å²) >= 11 is 0. The average Bonchev–Trinajstić information content (AvgIpc) is 2.05. The summed E-state index contributed by atoms with van der Waals surface area (Å²) in [6.45, 7) is 0. The van der Waals surface area contributed by atoms with E-state index in [4.69, 9.17) is 12.8 Å². The zero-order valence-corrected chi connectivity index (χ0v) is 6.59. The van der Waals surface area contributed by atoms with Gasteiger partial charge in [-0.25, -0.2) is 5.92 Å². The molecule has 0 saturated heterocycles. The predicted molar refractivity (Wildman–Crippen MR) is 42.7 cm³/mol. The second-order valence-corrected chi connectivity index (χ2v) is 2.04. The van der Waals surface area contributed by atoms with E-state index in [9.17, 15) is 0 Å². The summed E-state index contributed by atoms with van der Waals surface area (Å²) in [5, 5.41) is 0. The predicted octanol–water partition coefficient (Wildman–Crippen LogP) is -1.28. The number of hydrogen-bond acceptors (Lipinski definition) is 0. The molecule has 0 amide bonds. The smallest absolute Gasteiger partial charge is 0.266 e. The second kappa shape index (κ2) is 4.82. The maximum Gasteiger partial charge on any atom is 1.00 e. The molecule has 0 aromatic carbocycles. The van der Waals surface area contributed by atoms with Gasteiger partial charge in [-0.1, -0.05) is 5.92 Å². The van der Waals surface area contributed by atoms with E-state index < -0.39 is 0 Å².